The van der Waals surface area contributed by atoms with Gasteiger partial charge in [-0.25, -0.2) is 0 Å². The van der Waals surface area contributed by atoms with Crippen LogP contribution in [0.5, 0.6) is 0 Å². The molecule has 0 aliphatic carbocycles. The summed E-state index contributed by atoms with van der Waals surface area (Å²) in [6.07, 6.45) is 53.8. The van der Waals surface area contributed by atoms with Crippen molar-refractivity contribution in [1.29, 1.82) is 0 Å². The molecule has 3 N–H and O–H groups in total. The van der Waals surface area contributed by atoms with E-state index >= 15 is 0 Å². The van der Waals surface area contributed by atoms with Crippen molar-refractivity contribution in [3.05, 3.63) is 48.6 Å². The Kier molecular flexibility index (Phi) is 38.4. The minimum atomic E-state index is -0.836. The van der Waals surface area contributed by atoms with E-state index < -0.39 is 12.1 Å². The predicted molar refractivity (Wildman–Crippen MR) is 211 cm³/mol. The van der Waals surface area contributed by atoms with Crippen molar-refractivity contribution in [2.45, 2.75) is 219 Å². The van der Waals surface area contributed by atoms with Gasteiger partial charge in [0.2, 0.25) is 5.91 Å². The topological polar surface area (TPSA) is 69.6 Å². The van der Waals surface area contributed by atoms with E-state index in [0.717, 1.165) is 38.5 Å². The molecule has 4 nitrogen and oxygen atoms in total. The molecule has 0 aliphatic rings. The molecule has 1 amide bonds. The number of allylic oxidation sites excluding steroid dienone is 7. The van der Waals surface area contributed by atoms with Crippen molar-refractivity contribution in [3.8, 4) is 0 Å². The highest BCUT2D eigenvalue weighted by Crippen LogP contribution is 2.14. The largest absolute Gasteiger partial charge is 0.394 e. The van der Waals surface area contributed by atoms with E-state index in [4.69, 9.17) is 0 Å². The number of hydrogen-bond acceptors (Lipinski definition) is 3. The third-order valence-electron chi connectivity index (χ3n) is 9.31. The lowest BCUT2D eigenvalue weighted by Crippen LogP contribution is -2.45. The van der Waals surface area contributed by atoms with Gasteiger partial charge in [0.15, 0.2) is 0 Å². The number of nitrogens with one attached hydrogen (secondary N) is 1. The Hall–Kier alpha value is -1.65. The number of rotatable bonds is 37. The quantitative estimate of drug-likeness (QED) is 0.0455. The summed E-state index contributed by atoms with van der Waals surface area (Å²) in [6.45, 7) is 4.24. The molecule has 280 valence electrons. The first-order valence-electron chi connectivity index (χ1n) is 20.9. The van der Waals surface area contributed by atoms with E-state index in [1.54, 1.807) is 6.08 Å². The number of unbranched alkanes of at least 4 members (excludes halogenated alkanes) is 24. The van der Waals surface area contributed by atoms with Crippen molar-refractivity contribution in [2.24, 2.45) is 0 Å². The van der Waals surface area contributed by atoms with E-state index in [1.807, 2.05) is 6.08 Å². The molecule has 0 saturated heterocycles. The summed E-state index contributed by atoms with van der Waals surface area (Å²) in [5.41, 5.74) is 0. The highest BCUT2D eigenvalue weighted by molar-refractivity contribution is 5.76. The van der Waals surface area contributed by atoms with Crippen LogP contribution in [-0.4, -0.2) is 34.9 Å². The van der Waals surface area contributed by atoms with Gasteiger partial charge in [-0.1, -0.05) is 191 Å². The van der Waals surface area contributed by atoms with Crippen molar-refractivity contribution in [3.63, 3.8) is 0 Å². The molecule has 0 bridgehead atoms. The average molecular weight is 672 g/mol. The predicted octanol–water partition coefficient (Wildman–Crippen LogP) is 12.8. The number of aliphatic hydroxyl groups excluding tert-OH is 2. The summed E-state index contributed by atoms with van der Waals surface area (Å²) in [5, 5.41) is 22.7. The molecular formula is C44H81NO3. The lowest BCUT2D eigenvalue weighted by atomic mass is 10.0. The van der Waals surface area contributed by atoms with Gasteiger partial charge in [-0.15, -0.1) is 0 Å². The highest BCUT2D eigenvalue weighted by atomic mass is 16.3. The number of hydrogen-bond donors (Lipinski definition) is 3. The third kappa shape index (κ3) is 35.7. The Labute approximate surface area is 299 Å². The minimum absolute atomic E-state index is 0.0706. The van der Waals surface area contributed by atoms with Crippen molar-refractivity contribution in [2.75, 3.05) is 6.61 Å². The van der Waals surface area contributed by atoms with Crippen molar-refractivity contribution >= 4 is 5.91 Å². The van der Waals surface area contributed by atoms with Gasteiger partial charge in [0.1, 0.15) is 0 Å². The Morgan fingerprint density at radius 1 is 0.500 bits per heavy atom. The van der Waals surface area contributed by atoms with E-state index in [1.165, 1.54) is 148 Å². The van der Waals surface area contributed by atoms with Gasteiger partial charge < -0.3 is 15.5 Å². The maximum atomic E-state index is 12.3. The first-order chi connectivity index (χ1) is 23.7. The van der Waals surface area contributed by atoms with Crippen LogP contribution in [0.1, 0.15) is 206 Å². The van der Waals surface area contributed by atoms with Crippen LogP contribution >= 0.6 is 0 Å². The van der Waals surface area contributed by atoms with Crippen LogP contribution in [0.3, 0.4) is 0 Å². The lowest BCUT2D eigenvalue weighted by molar-refractivity contribution is -0.123. The van der Waals surface area contributed by atoms with E-state index in [9.17, 15) is 15.0 Å². The average Bonchev–Trinajstić information content (AvgIpc) is 3.09. The van der Waals surface area contributed by atoms with Gasteiger partial charge in [0.05, 0.1) is 18.8 Å². The summed E-state index contributed by atoms with van der Waals surface area (Å²) < 4.78 is 0. The molecule has 0 saturated carbocycles. The van der Waals surface area contributed by atoms with Gasteiger partial charge in [0, 0.05) is 6.42 Å². The van der Waals surface area contributed by atoms with Crippen LogP contribution in [0, 0.1) is 0 Å². The summed E-state index contributed by atoms with van der Waals surface area (Å²) in [4.78, 5) is 12.3. The molecule has 48 heavy (non-hydrogen) atoms. The SMILES string of the molecule is CCCCCCC/C=C\C/C=C\C/C=C\CCCCCCCCCCCCCCCCC(=O)NC(CO)C(O)/C=C/CCCCCCC. The van der Waals surface area contributed by atoms with E-state index in [-0.39, 0.29) is 12.5 Å². The monoisotopic (exact) mass is 672 g/mol. The fourth-order valence-electron chi connectivity index (χ4n) is 6.07. The van der Waals surface area contributed by atoms with Gasteiger partial charge in [0.25, 0.3) is 0 Å². The summed E-state index contributed by atoms with van der Waals surface area (Å²) in [6, 6.07) is -0.619. The molecule has 4 heteroatoms. The Bertz CT molecular complexity index is 771. The number of aliphatic hydroxyl groups is 2. The first kappa shape index (κ1) is 46.4. The second-order valence-corrected chi connectivity index (χ2v) is 14.1. The number of carbonyl (C=O) groups excluding carboxylic acids is 1. The van der Waals surface area contributed by atoms with Crippen LogP contribution in [0.25, 0.3) is 0 Å². The molecule has 0 fully saturated rings. The molecular weight excluding hydrogens is 590 g/mol. The highest BCUT2D eigenvalue weighted by Gasteiger charge is 2.17. The van der Waals surface area contributed by atoms with Crippen LogP contribution < -0.4 is 5.32 Å². The molecule has 2 unspecified atom stereocenters. The molecule has 0 heterocycles. The van der Waals surface area contributed by atoms with Gasteiger partial charge >= 0.3 is 0 Å². The van der Waals surface area contributed by atoms with Crippen LogP contribution in [-0.2, 0) is 4.79 Å². The van der Waals surface area contributed by atoms with Gasteiger partial charge in [-0.2, -0.15) is 0 Å². The summed E-state index contributed by atoms with van der Waals surface area (Å²) in [5.74, 6) is -0.0706. The summed E-state index contributed by atoms with van der Waals surface area (Å²) >= 11 is 0. The van der Waals surface area contributed by atoms with Crippen molar-refractivity contribution < 1.29 is 15.0 Å². The van der Waals surface area contributed by atoms with Crippen LogP contribution in [0.15, 0.2) is 48.6 Å². The maximum absolute atomic E-state index is 12.3. The zero-order valence-corrected chi connectivity index (χ0v) is 32.0. The molecule has 0 aromatic rings. The minimum Gasteiger partial charge on any atom is -0.394 e. The molecule has 0 spiro atoms. The number of amides is 1. The molecule has 2 atom stereocenters. The fourth-order valence-corrected chi connectivity index (χ4v) is 6.07. The Morgan fingerprint density at radius 2 is 0.854 bits per heavy atom. The van der Waals surface area contributed by atoms with Crippen molar-refractivity contribution in [1.82, 2.24) is 5.32 Å². The third-order valence-corrected chi connectivity index (χ3v) is 9.31. The zero-order chi connectivity index (χ0) is 35.0. The smallest absolute Gasteiger partial charge is 0.220 e. The van der Waals surface area contributed by atoms with Gasteiger partial charge in [-0.05, 0) is 57.8 Å². The Balaban J connectivity index is 3.47. The van der Waals surface area contributed by atoms with Gasteiger partial charge in [-0.3, -0.25) is 4.79 Å². The first-order valence-corrected chi connectivity index (χ1v) is 20.9. The fraction of sp³-hybridized carbons (Fsp3) is 0.795. The maximum Gasteiger partial charge on any atom is 0.220 e. The van der Waals surface area contributed by atoms with E-state index in [2.05, 4.69) is 55.6 Å². The second-order valence-electron chi connectivity index (χ2n) is 14.1. The molecule has 0 aliphatic heterocycles. The second kappa shape index (κ2) is 39.8. The van der Waals surface area contributed by atoms with Crippen LogP contribution in [0.2, 0.25) is 0 Å². The van der Waals surface area contributed by atoms with Crippen LogP contribution in [0.4, 0.5) is 0 Å². The zero-order valence-electron chi connectivity index (χ0n) is 32.0. The number of carbonyl (C=O) groups is 1. The molecule has 0 aromatic carbocycles. The molecule has 0 aromatic heterocycles. The Morgan fingerprint density at radius 3 is 1.27 bits per heavy atom. The van der Waals surface area contributed by atoms with E-state index in [0.29, 0.717) is 6.42 Å². The molecule has 0 rings (SSSR count). The summed E-state index contributed by atoms with van der Waals surface area (Å²) in [7, 11) is 0. The standard InChI is InChI=1S/C44H81NO3/c1-3-5-7-9-11-12-13-14-15-16-17-18-19-20-21-22-23-24-25-26-27-28-29-30-31-32-34-36-38-40-44(48)45-42(41-46)43(47)39-37-35-33-10-8-6-4-2/h13-14,16-17,19-20,37,39,42-43,46-47H,3-12,15,18,21-36,38,40-41H2,1-2H3,(H,45,48)/b14-13-,17-16-,20-19-,39-37+. The lowest BCUT2D eigenvalue weighted by Gasteiger charge is -2.20. The normalized spacial score (nSPS) is 13.5. The molecule has 0 radical (unpaired) electrons.